The van der Waals surface area contributed by atoms with Gasteiger partial charge >= 0.3 is 5.97 Å². The van der Waals surface area contributed by atoms with Gasteiger partial charge in [-0.1, -0.05) is 33.6 Å². The first-order chi connectivity index (χ1) is 7.84. The minimum absolute atomic E-state index is 0.0716. The molecule has 6 heteroatoms. The molecule has 1 rings (SSSR count). The minimum Gasteiger partial charge on any atom is -0.479 e. The number of aliphatic hydroxyl groups is 1. The van der Waals surface area contributed by atoms with Crippen molar-refractivity contribution in [2.75, 3.05) is 0 Å². The predicted octanol–water partition coefficient (Wildman–Crippen LogP) is 2.48. The van der Waals surface area contributed by atoms with Gasteiger partial charge in [0, 0.05) is 10.6 Å². The molecule has 0 fully saturated rings. The lowest BCUT2D eigenvalue weighted by Crippen LogP contribution is -2.12. The van der Waals surface area contributed by atoms with Crippen LogP contribution in [0.2, 0.25) is 5.02 Å². The van der Waals surface area contributed by atoms with Crippen LogP contribution in [0.4, 0.5) is 0 Å². The van der Waals surface area contributed by atoms with Crippen molar-refractivity contribution < 1.29 is 19.8 Å². The second-order valence-electron chi connectivity index (χ2n) is 3.49. The molecule has 0 aliphatic carbocycles. The molecule has 17 heavy (non-hydrogen) atoms. The lowest BCUT2D eigenvalue weighted by Gasteiger charge is -2.12. The lowest BCUT2D eigenvalue weighted by molar-refractivity contribution is -0.146. The molecule has 2 N–H and O–H groups in total. The quantitative estimate of drug-likeness (QED) is 0.836. The molecule has 0 aliphatic rings. The zero-order valence-electron chi connectivity index (χ0n) is 8.85. The summed E-state index contributed by atoms with van der Waals surface area (Å²) in [6.45, 7) is 1.40. The number of aliphatic carboxylic acids is 1. The van der Waals surface area contributed by atoms with E-state index in [-0.39, 0.29) is 16.4 Å². The van der Waals surface area contributed by atoms with Crippen LogP contribution in [-0.4, -0.2) is 22.0 Å². The SMILES string of the molecule is CC(=O)C(Br)c1ccc(Cl)c(C(O)C(=O)O)c1. The van der Waals surface area contributed by atoms with Crippen LogP contribution in [0.3, 0.4) is 0 Å². The van der Waals surface area contributed by atoms with Crippen LogP contribution >= 0.6 is 27.5 Å². The molecular weight excluding hydrogens is 311 g/mol. The van der Waals surface area contributed by atoms with Gasteiger partial charge in [-0.3, -0.25) is 4.79 Å². The second-order valence-corrected chi connectivity index (χ2v) is 4.82. The van der Waals surface area contributed by atoms with Crippen molar-refractivity contribution in [3.8, 4) is 0 Å². The van der Waals surface area contributed by atoms with E-state index in [9.17, 15) is 14.7 Å². The topological polar surface area (TPSA) is 74.6 Å². The maximum Gasteiger partial charge on any atom is 0.337 e. The Hall–Kier alpha value is -0.910. The van der Waals surface area contributed by atoms with Gasteiger partial charge in [-0.2, -0.15) is 0 Å². The van der Waals surface area contributed by atoms with Crippen molar-refractivity contribution >= 4 is 39.3 Å². The van der Waals surface area contributed by atoms with E-state index in [1.807, 2.05) is 0 Å². The van der Waals surface area contributed by atoms with Gasteiger partial charge in [0.25, 0.3) is 0 Å². The number of rotatable bonds is 4. The summed E-state index contributed by atoms with van der Waals surface area (Å²) in [5, 5.41) is 18.3. The Balaban J connectivity index is 3.19. The number of halogens is 2. The zero-order chi connectivity index (χ0) is 13.2. The Bertz CT molecular complexity index is 461. The van der Waals surface area contributed by atoms with Gasteiger partial charge in [-0.15, -0.1) is 0 Å². The smallest absolute Gasteiger partial charge is 0.337 e. The summed E-state index contributed by atoms with van der Waals surface area (Å²) in [6.07, 6.45) is -1.70. The number of ketones is 1. The highest BCUT2D eigenvalue weighted by Gasteiger charge is 2.21. The molecule has 1 aromatic rings. The van der Waals surface area contributed by atoms with Gasteiger partial charge in [0.1, 0.15) is 5.78 Å². The summed E-state index contributed by atoms with van der Waals surface area (Å²) in [6, 6.07) is 4.46. The average Bonchev–Trinajstić information content (AvgIpc) is 2.27. The summed E-state index contributed by atoms with van der Waals surface area (Å²) in [7, 11) is 0. The van der Waals surface area contributed by atoms with Crippen LogP contribution in [0.1, 0.15) is 29.0 Å². The van der Waals surface area contributed by atoms with E-state index < -0.39 is 16.9 Å². The summed E-state index contributed by atoms with van der Waals surface area (Å²) in [5.74, 6) is -1.51. The maximum absolute atomic E-state index is 11.2. The van der Waals surface area contributed by atoms with Crippen molar-refractivity contribution in [3.63, 3.8) is 0 Å². The first-order valence-electron chi connectivity index (χ1n) is 4.69. The standard InChI is InChI=1S/C11H10BrClO4/c1-5(14)9(12)6-2-3-8(13)7(4-6)10(15)11(16)17/h2-4,9-10,15H,1H3,(H,16,17). The van der Waals surface area contributed by atoms with Crippen LogP contribution in [0, 0.1) is 0 Å². The first-order valence-corrected chi connectivity index (χ1v) is 5.98. The molecule has 92 valence electrons. The number of hydrogen-bond acceptors (Lipinski definition) is 3. The molecule has 0 saturated carbocycles. The molecule has 0 heterocycles. The van der Waals surface area contributed by atoms with Gasteiger partial charge in [-0.25, -0.2) is 4.79 Å². The molecule has 0 amide bonds. The van der Waals surface area contributed by atoms with Crippen molar-refractivity contribution in [1.29, 1.82) is 0 Å². The number of carbonyl (C=O) groups is 2. The lowest BCUT2D eigenvalue weighted by atomic mass is 10.0. The van der Waals surface area contributed by atoms with Crippen molar-refractivity contribution in [2.24, 2.45) is 0 Å². The Labute approximate surface area is 111 Å². The summed E-state index contributed by atoms with van der Waals surface area (Å²) in [5.41, 5.74) is 0.625. The Morgan fingerprint density at radius 2 is 2.00 bits per heavy atom. The number of alkyl halides is 1. The van der Waals surface area contributed by atoms with E-state index in [0.29, 0.717) is 5.56 Å². The molecule has 0 saturated heterocycles. The average molecular weight is 322 g/mol. The van der Waals surface area contributed by atoms with Crippen molar-refractivity contribution in [1.82, 2.24) is 0 Å². The van der Waals surface area contributed by atoms with E-state index >= 15 is 0 Å². The first kappa shape index (κ1) is 14.2. The van der Waals surface area contributed by atoms with Crippen LogP contribution in [0.25, 0.3) is 0 Å². The molecule has 0 radical (unpaired) electrons. The fourth-order valence-electron chi connectivity index (χ4n) is 1.30. The molecular formula is C11H10BrClO4. The van der Waals surface area contributed by atoms with E-state index in [1.165, 1.54) is 19.1 Å². The normalized spacial score (nSPS) is 14.1. The Morgan fingerprint density at radius 3 is 2.47 bits per heavy atom. The maximum atomic E-state index is 11.2. The number of benzene rings is 1. The Morgan fingerprint density at radius 1 is 1.41 bits per heavy atom. The molecule has 0 bridgehead atoms. The monoisotopic (exact) mass is 320 g/mol. The van der Waals surface area contributed by atoms with Crippen molar-refractivity contribution in [3.05, 3.63) is 34.3 Å². The number of carboxylic acid groups (broad SMARTS) is 1. The molecule has 2 atom stereocenters. The Kier molecular flexibility index (Phi) is 4.68. The van der Waals surface area contributed by atoms with Crippen LogP contribution in [-0.2, 0) is 9.59 Å². The number of hydrogen-bond donors (Lipinski definition) is 2. The van der Waals surface area contributed by atoms with Crippen LogP contribution < -0.4 is 0 Å². The fourth-order valence-corrected chi connectivity index (χ4v) is 1.80. The van der Waals surface area contributed by atoms with E-state index in [2.05, 4.69) is 15.9 Å². The number of carboxylic acids is 1. The number of aliphatic hydroxyl groups excluding tert-OH is 1. The van der Waals surface area contributed by atoms with Crippen LogP contribution in [0.15, 0.2) is 18.2 Å². The van der Waals surface area contributed by atoms with Gasteiger partial charge in [0.2, 0.25) is 0 Å². The molecule has 0 spiro atoms. The van der Waals surface area contributed by atoms with E-state index in [1.54, 1.807) is 6.07 Å². The highest BCUT2D eigenvalue weighted by Crippen LogP contribution is 2.30. The van der Waals surface area contributed by atoms with Gasteiger partial charge in [0.05, 0.1) is 4.83 Å². The highest BCUT2D eigenvalue weighted by atomic mass is 79.9. The molecule has 0 aromatic heterocycles. The number of Topliss-reactive ketones (excluding diaryl/α,β-unsaturated/α-hetero) is 1. The second kappa shape index (κ2) is 5.62. The molecule has 2 unspecified atom stereocenters. The fraction of sp³-hybridized carbons (Fsp3) is 0.273. The number of carbonyl (C=O) groups excluding carboxylic acids is 1. The summed E-state index contributed by atoms with van der Waals surface area (Å²) in [4.78, 5) is 21.3. The highest BCUT2D eigenvalue weighted by molar-refractivity contribution is 9.09. The molecule has 4 nitrogen and oxygen atoms in total. The van der Waals surface area contributed by atoms with Gasteiger partial charge < -0.3 is 10.2 Å². The van der Waals surface area contributed by atoms with Gasteiger partial charge in [0.15, 0.2) is 6.10 Å². The predicted molar refractivity (Wildman–Crippen MR) is 66.4 cm³/mol. The van der Waals surface area contributed by atoms with Crippen molar-refractivity contribution in [2.45, 2.75) is 17.9 Å². The largest absolute Gasteiger partial charge is 0.479 e. The van der Waals surface area contributed by atoms with Gasteiger partial charge in [-0.05, 0) is 24.6 Å². The van der Waals surface area contributed by atoms with Crippen LogP contribution in [0.5, 0.6) is 0 Å². The zero-order valence-corrected chi connectivity index (χ0v) is 11.2. The minimum atomic E-state index is -1.70. The molecule has 1 aromatic carbocycles. The third kappa shape index (κ3) is 3.28. The summed E-state index contributed by atoms with van der Waals surface area (Å²) >= 11 is 8.97. The van der Waals surface area contributed by atoms with E-state index in [4.69, 9.17) is 16.7 Å². The third-order valence-electron chi connectivity index (χ3n) is 2.20. The summed E-state index contributed by atoms with van der Waals surface area (Å²) < 4.78 is 0. The third-order valence-corrected chi connectivity index (χ3v) is 3.72. The van der Waals surface area contributed by atoms with E-state index in [0.717, 1.165) is 0 Å². The molecule has 0 aliphatic heterocycles.